The molecule has 1 aromatic carbocycles. The first-order valence-corrected chi connectivity index (χ1v) is 7.82. The first-order chi connectivity index (χ1) is 8.61. The molecule has 0 saturated carbocycles. The largest absolute Gasteiger partial charge is 0.377 e. The Balaban J connectivity index is 2.23. The number of halogens is 3. The number of hydrogen-bond acceptors (Lipinski definition) is 2. The second-order valence-corrected chi connectivity index (χ2v) is 6.04. The van der Waals surface area contributed by atoms with Crippen LogP contribution in [0.15, 0.2) is 22.7 Å². The van der Waals surface area contributed by atoms with Gasteiger partial charge in [0.1, 0.15) is 0 Å². The Hall–Kier alpha value is -0.100. The SMILES string of the molecule is O=C(c1cc(Cl)cc(Br)c1)N1CCOCC1CBr. The maximum absolute atomic E-state index is 12.4. The first kappa shape index (κ1) is 14.3. The number of hydrogen-bond donors (Lipinski definition) is 0. The Bertz CT molecular complexity index is 435. The standard InChI is InChI=1S/C12H12Br2ClNO2/c13-6-11-7-18-2-1-16(11)12(17)8-3-9(14)5-10(15)4-8/h3-5,11H,1-2,6-7H2. The predicted octanol–water partition coefficient (Wildman–Crippen LogP) is 3.34. The Morgan fingerprint density at radius 3 is 2.94 bits per heavy atom. The molecule has 18 heavy (non-hydrogen) atoms. The molecule has 98 valence electrons. The van der Waals surface area contributed by atoms with Gasteiger partial charge in [-0.05, 0) is 18.2 Å². The molecule has 0 radical (unpaired) electrons. The summed E-state index contributed by atoms with van der Waals surface area (Å²) in [7, 11) is 0. The van der Waals surface area contributed by atoms with Crippen LogP contribution < -0.4 is 0 Å². The quantitative estimate of drug-likeness (QED) is 0.717. The molecule has 1 atom stereocenters. The van der Waals surface area contributed by atoms with Crippen molar-refractivity contribution in [3.05, 3.63) is 33.3 Å². The van der Waals surface area contributed by atoms with Crippen molar-refractivity contribution in [1.29, 1.82) is 0 Å². The van der Waals surface area contributed by atoms with Gasteiger partial charge >= 0.3 is 0 Å². The summed E-state index contributed by atoms with van der Waals surface area (Å²) in [6, 6.07) is 5.31. The van der Waals surface area contributed by atoms with E-state index >= 15 is 0 Å². The number of alkyl halides is 1. The fourth-order valence-electron chi connectivity index (χ4n) is 1.89. The molecule has 1 fully saturated rings. The number of carbonyl (C=O) groups excluding carboxylic acids is 1. The van der Waals surface area contributed by atoms with E-state index in [-0.39, 0.29) is 11.9 Å². The maximum atomic E-state index is 12.4. The van der Waals surface area contributed by atoms with Gasteiger partial charge in [-0.3, -0.25) is 4.79 Å². The minimum absolute atomic E-state index is 0.00838. The molecule has 1 heterocycles. The lowest BCUT2D eigenvalue weighted by atomic mass is 10.1. The van der Waals surface area contributed by atoms with E-state index in [1.165, 1.54) is 0 Å². The van der Waals surface area contributed by atoms with Crippen LogP contribution in [0.5, 0.6) is 0 Å². The highest BCUT2D eigenvalue weighted by Crippen LogP contribution is 2.22. The van der Waals surface area contributed by atoms with Gasteiger partial charge in [-0.2, -0.15) is 0 Å². The molecule has 1 aromatic rings. The zero-order valence-corrected chi connectivity index (χ0v) is 13.5. The summed E-state index contributed by atoms with van der Waals surface area (Å²) >= 11 is 12.7. The van der Waals surface area contributed by atoms with E-state index < -0.39 is 0 Å². The summed E-state index contributed by atoms with van der Waals surface area (Å²) in [5.74, 6) is -0.00838. The van der Waals surface area contributed by atoms with Gasteiger partial charge in [0, 0.05) is 26.9 Å². The second kappa shape index (κ2) is 6.37. The average molecular weight is 397 g/mol. The smallest absolute Gasteiger partial charge is 0.254 e. The summed E-state index contributed by atoms with van der Waals surface area (Å²) < 4.78 is 6.18. The van der Waals surface area contributed by atoms with Gasteiger partial charge in [-0.1, -0.05) is 43.5 Å². The summed E-state index contributed by atoms with van der Waals surface area (Å²) in [6.07, 6.45) is 0. The molecule has 0 spiro atoms. The zero-order chi connectivity index (χ0) is 13.1. The monoisotopic (exact) mass is 395 g/mol. The van der Waals surface area contributed by atoms with Crippen molar-refractivity contribution in [3.8, 4) is 0 Å². The van der Waals surface area contributed by atoms with E-state index in [1.54, 1.807) is 18.2 Å². The number of nitrogens with zero attached hydrogens (tertiary/aromatic N) is 1. The number of benzene rings is 1. The lowest BCUT2D eigenvalue weighted by Gasteiger charge is -2.34. The fraction of sp³-hybridized carbons (Fsp3) is 0.417. The Kier molecular flexibility index (Phi) is 5.06. The van der Waals surface area contributed by atoms with Crippen molar-refractivity contribution in [3.63, 3.8) is 0 Å². The summed E-state index contributed by atoms with van der Waals surface area (Å²) in [5.41, 5.74) is 0.599. The van der Waals surface area contributed by atoms with E-state index in [0.29, 0.717) is 35.7 Å². The van der Waals surface area contributed by atoms with Crippen molar-refractivity contribution in [2.45, 2.75) is 6.04 Å². The Morgan fingerprint density at radius 1 is 1.50 bits per heavy atom. The topological polar surface area (TPSA) is 29.5 Å². The van der Waals surface area contributed by atoms with E-state index in [0.717, 1.165) is 4.47 Å². The van der Waals surface area contributed by atoms with Crippen LogP contribution in [0.25, 0.3) is 0 Å². The molecule has 1 amide bonds. The third kappa shape index (κ3) is 3.26. The van der Waals surface area contributed by atoms with Gasteiger partial charge in [0.05, 0.1) is 19.3 Å². The molecule has 1 aliphatic rings. The molecule has 1 saturated heterocycles. The molecule has 3 nitrogen and oxygen atoms in total. The minimum Gasteiger partial charge on any atom is -0.377 e. The lowest BCUT2D eigenvalue weighted by molar-refractivity contribution is 0.00524. The summed E-state index contributed by atoms with van der Waals surface area (Å²) in [4.78, 5) is 14.3. The Morgan fingerprint density at radius 2 is 2.28 bits per heavy atom. The van der Waals surface area contributed by atoms with Crippen LogP contribution >= 0.6 is 43.5 Å². The normalized spacial score (nSPS) is 19.9. The van der Waals surface area contributed by atoms with Crippen LogP contribution in [-0.4, -0.2) is 41.9 Å². The van der Waals surface area contributed by atoms with Gasteiger partial charge in [0.2, 0.25) is 0 Å². The van der Waals surface area contributed by atoms with E-state index in [2.05, 4.69) is 31.9 Å². The van der Waals surface area contributed by atoms with Crippen molar-refractivity contribution in [1.82, 2.24) is 4.90 Å². The van der Waals surface area contributed by atoms with Crippen molar-refractivity contribution < 1.29 is 9.53 Å². The Labute approximate surface area is 128 Å². The van der Waals surface area contributed by atoms with Crippen LogP contribution in [0.3, 0.4) is 0 Å². The molecule has 1 unspecified atom stereocenters. The van der Waals surface area contributed by atoms with Gasteiger partial charge < -0.3 is 9.64 Å². The van der Waals surface area contributed by atoms with E-state index in [1.807, 2.05) is 4.90 Å². The predicted molar refractivity (Wildman–Crippen MR) is 78.6 cm³/mol. The number of morpholine rings is 1. The molecule has 0 bridgehead atoms. The highest BCUT2D eigenvalue weighted by Gasteiger charge is 2.27. The van der Waals surface area contributed by atoms with E-state index in [4.69, 9.17) is 16.3 Å². The highest BCUT2D eigenvalue weighted by molar-refractivity contribution is 9.10. The lowest BCUT2D eigenvalue weighted by Crippen LogP contribution is -2.49. The molecular formula is C12H12Br2ClNO2. The second-order valence-electron chi connectivity index (χ2n) is 4.04. The summed E-state index contributed by atoms with van der Waals surface area (Å²) in [5, 5.41) is 1.26. The van der Waals surface area contributed by atoms with Gasteiger partial charge in [-0.25, -0.2) is 0 Å². The minimum atomic E-state index is -0.00838. The molecule has 0 N–H and O–H groups in total. The summed E-state index contributed by atoms with van der Waals surface area (Å²) in [6.45, 7) is 1.76. The van der Waals surface area contributed by atoms with Crippen molar-refractivity contribution >= 4 is 49.4 Å². The third-order valence-electron chi connectivity index (χ3n) is 2.78. The zero-order valence-electron chi connectivity index (χ0n) is 9.54. The molecular weight excluding hydrogens is 385 g/mol. The molecule has 0 aliphatic carbocycles. The highest BCUT2D eigenvalue weighted by atomic mass is 79.9. The number of rotatable bonds is 2. The van der Waals surface area contributed by atoms with Gasteiger partial charge in [-0.15, -0.1) is 0 Å². The van der Waals surface area contributed by atoms with Crippen LogP contribution in [0.1, 0.15) is 10.4 Å². The number of ether oxygens (including phenoxy) is 1. The fourth-order valence-corrected chi connectivity index (χ4v) is 3.29. The number of amides is 1. The molecule has 2 rings (SSSR count). The van der Waals surface area contributed by atoms with Crippen LogP contribution in [0.2, 0.25) is 5.02 Å². The third-order valence-corrected chi connectivity index (χ3v) is 4.20. The molecule has 0 aromatic heterocycles. The van der Waals surface area contributed by atoms with Crippen molar-refractivity contribution in [2.75, 3.05) is 25.1 Å². The van der Waals surface area contributed by atoms with Crippen LogP contribution in [0.4, 0.5) is 0 Å². The maximum Gasteiger partial charge on any atom is 0.254 e. The van der Waals surface area contributed by atoms with Crippen molar-refractivity contribution in [2.24, 2.45) is 0 Å². The van der Waals surface area contributed by atoms with E-state index in [9.17, 15) is 4.79 Å². The molecule has 1 aliphatic heterocycles. The molecule has 6 heteroatoms. The average Bonchev–Trinajstić information content (AvgIpc) is 2.36. The van der Waals surface area contributed by atoms with Crippen LogP contribution in [-0.2, 0) is 4.74 Å². The van der Waals surface area contributed by atoms with Gasteiger partial charge in [0.15, 0.2) is 0 Å². The first-order valence-electron chi connectivity index (χ1n) is 5.52. The van der Waals surface area contributed by atoms with Crippen LogP contribution in [0, 0.1) is 0 Å². The van der Waals surface area contributed by atoms with Gasteiger partial charge in [0.25, 0.3) is 5.91 Å². The number of carbonyl (C=O) groups is 1.